The van der Waals surface area contributed by atoms with Crippen molar-refractivity contribution in [1.29, 1.82) is 0 Å². The number of rotatable bonds is 5. The molecule has 2 nitrogen and oxygen atoms in total. The summed E-state index contributed by atoms with van der Waals surface area (Å²) in [4.78, 5) is 17.0. The average Bonchev–Trinajstić information content (AvgIpc) is 2.47. The van der Waals surface area contributed by atoms with Gasteiger partial charge in [0, 0.05) is 23.6 Å². The molecule has 3 heteroatoms. The Morgan fingerprint density at radius 1 is 1.19 bits per heavy atom. The van der Waals surface area contributed by atoms with Crippen molar-refractivity contribution >= 4 is 17.5 Å². The summed E-state index contributed by atoms with van der Waals surface area (Å²) in [5.41, 5.74) is 1.30. The van der Waals surface area contributed by atoms with Crippen LogP contribution in [0.25, 0.3) is 0 Å². The first-order chi connectivity index (χ1) is 10.2. The number of carbonyl (C=O) groups excluding carboxylic acids is 1. The fraction of sp³-hybridized carbons (Fsp3) is 0.667. The summed E-state index contributed by atoms with van der Waals surface area (Å²) in [5, 5.41) is 0. The van der Waals surface area contributed by atoms with E-state index in [0.29, 0.717) is 11.5 Å². The van der Waals surface area contributed by atoms with Crippen LogP contribution in [0.3, 0.4) is 0 Å². The lowest BCUT2D eigenvalue weighted by Crippen LogP contribution is -2.50. The molecule has 5 rings (SSSR count). The Labute approximate surface area is 131 Å². The first-order valence-corrected chi connectivity index (χ1v) is 9.39. The monoisotopic (exact) mass is 301 g/mol. The molecule has 0 saturated heterocycles. The highest BCUT2D eigenvalue weighted by molar-refractivity contribution is 7.99. The zero-order chi connectivity index (χ0) is 14.3. The molecule has 4 bridgehead atoms. The number of pyridine rings is 1. The smallest absolute Gasteiger partial charge is 0.148 e. The van der Waals surface area contributed by atoms with E-state index in [-0.39, 0.29) is 5.41 Å². The van der Waals surface area contributed by atoms with Crippen LogP contribution >= 0.6 is 11.8 Å². The molecule has 4 aliphatic carbocycles. The van der Waals surface area contributed by atoms with E-state index in [1.165, 1.54) is 44.1 Å². The van der Waals surface area contributed by atoms with Crippen molar-refractivity contribution in [3.8, 4) is 0 Å². The Hall–Kier alpha value is -0.830. The topological polar surface area (TPSA) is 30.0 Å². The van der Waals surface area contributed by atoms with Gasteiger partial charge in [-0.25, -0.2) is 0 Å². The number of Topliss-reactive ketones (excluding diaryl/α,β-unsaturated/α-hetero) is 1. The fourth-order valence-corrected chi connectivity index (χ4v) is 6.35. The highest BCUT2D eigenvalue weighted by Gasteiger charge is 2.53. The molecule has 0 unspecified atom stereocenters. The van der Waals surface area contributed by atoms with Crippen LogP contribution in [0.15, 0.2) is 24.5 Å². The molecule has 0 aliphatic heterocycles. The lowest BCUT2D eigenvalue weighted by atomic mass is 9.48. The Balaban J connectivity index is 1.37. The van der Waals surface area contributed by atoms with E-state index in [1.54, 1.807) is 18.0 Å². The third kappa shape index (κ3) is 2.65. The summed E-state index contributed by atoms with van der Waals surface area (Å²) in [5.74, 6) is 4.75. The average molecular weight is 301 g/mol. The normalized spacial score (nSPS) is 36.9. The van der Waals surface area contributed by atoms with Gasteiger partial charge in [0.2, 0.25) is 0 Å². The van der Waals surface area contributed by atoms with Crippen LogP contribution in [-0.4, -0.2) is 16.5 Å². The van der Waals surface area contributed by atoms with Crippen molar-refractivity contribution in [2.45, 2.75) is 44.3 Å². The first-order valence-electron chi connectivity index (χ1n) is 8.23. The second-order valence-corrected chi connectivity index (χ2v) is 8.46. The van der Waals surface area contributed by atoms with Crippen LogP contribution < -0.4 is 0 Å². The molecule has 4 fully saturated rings. The molecule has 21 heavy (non-hydrogen) atoms. The molecule has 1 aromatic heterocycles. The number of thioether (sulfide) groups is 1. The highest BCUT2D eigenvalue weighted by atomic mass is 32.2. The van der Waals surface area contributed by atoms with Gasteiger partial charge in [0.1, 0.15) is 5.78 Å². The lowest BCUT2D eigenvalue weighted by molar-refractivity contribution is -0.141. The van der Waals surface area contributed by atoms with Crippen molar-refractivity contribution < 1.29 is 4.79 Å². The van der Waals surface area contributed by atoms with Gasteiger partial charge in [0.25, 0.3) is 0 Å². The summed E-state index contributed by atoms with van der Waals surface area (Å²) in [6.07, 6.45) is 11.5. The van der Waals surface area contributed by atoms with Crippen LogP contribution in [0, 0.1) is 23.2 Å². The zero-order valence-electron chi connectivity index (χ0n) is 12.5. The maximum Gasteiger partial charge on any atom is 0.148 e. The molecule has 4 saturated carbocycles. The van der Waals surface area contributed by atoms with Crippen molar-refractivity contribution in [3.05, 3.63) is 30.1 Å². The van der Waals surface area contributed by atoms with Crippen molar-refractivity contribution in [2.24, 2.45) is 23.2 Å². The molecular weight excluding hydrogens is 278 g/mol. The molecule has 0 spiro atoms. The van der Waals surface area contributed by atoms with Crippen LogP contribution in [0.5, 0.6) is 0 Å². The van der Waals surface area contributed by atoms with E-state index in [0.717, 1.165) is 23.5 Å². The summed E-state index contributed by atoms with van der Waals surface area (Å²) in [6, 6.07) is 4.06. The van der Waals surface area contributed by atoms with Gasteiger partial charge < -0.3 is 0 Å². The van der Waals surface area contributed by atoms with E-state index < -0.39 is 0 Å². The largest absolute Gasteiger partial charge is 0.298 e. The standard InChI is InChI=1S/C18H23NOS/c20-17(12-21-11-13-2-1-3-19-10-13)18-7-14-4-15(8-18)6-16(5-14)9-18/h1-3,10,14-16H,4-9,11-12H2. The Morgan fingerprint density at radius 2 is 1.86 bits per heavy atom. The molecule has 1 aromatic rings. The SMILES string of the molecule is O=C(CSCc1cccnc1)C12CC3CC(CC(C3)C1)C2. The predicted molar refractivity (Wildman–Crippen MR) is 86.0 cm³/mol. The maximum atomic E-state index is 12.9. The molecule has 112 valence electrons. The van der Waals surface area contributed by atoms with E-state index in [2.05, 4.69) is 11.1 Å². The summed E-state index contributed by atoms with van der Waals surface area (Å²) in [7, 11) is 0. The summed E-state index contributed by atoms with van der Waals surface area (Å²) >= 11 is 1.77. The number of aromatic nitrogens is 1. The van der Waals surface area contributed by atoms with Gasteiger partial charge in [-0.15, -0.1) is 11.8 Å². The van der Waals surface area contributed by atoms with Crippen LogP contribution in [0.4, 0.5) is 0 Å². The number of hydrogen-bond donors (Lipinski definition) is 0. The van der Waals surface area contributed by atoms with Gasteiger partial charge in [-0.05, 0) is 67.9 Å². The molecule has 0 radical (unpaired) electrons. The van der Waals surface area contributed by atoms with Crippen LogP contribution in [0.1, 0.15) is 44.1 Å². The number of ketones is 1. The molecule has 0 N–H and O–H groups in total. The number of carbonyl (C=O) groups is 1. The van der Waals surface area contributed by atoms with E-state index >= 15 is 0 Å². The number of nitrogens with zero attached hydrogens (tertiary/aromatic N) is 1. The number of hydrogen-bond acceptors (Lipinski definition) is 3. The van der Waals surface area contributed by atoms with Crippen molar-refractivity contribution in [3.63, 3.8) is 0 Å². The van der Waals surface area contributed by atoms with Crippen molar-refractivity contribution in [2.75, 3.05) is 5.75 Å². The van der Waals surface area contributed by atoms with Crippen LogP contribution in [0.2, 0.25) is 0 Å². The lowest BCUT2D eigenvalue weighted by Gasteiger charge is -2.56. The van der Waals surface area contributed by atoms with Gasteiger partial charge in [-0.2, -0.15) is 0 Å². The first kappa shape index (κ1) is 13.8. The summed E-state index contributed by atoms with van der Waals surface area (Å²) < 4.78 is 0. The molecule has 0 atom stereocenters. The van der Waals surface area contributed by atoms with Gasteiger partial charge >= 0.3 is 0 Å². The quantitative estimate of drug-likeness (QED) is 0.820. The van der Waals surface area contributed by atoms with E-state index in [4.69, 9.17) is 0 Å². The minimum absolute atomic E-state index is 0.0800. The van der Waals surface area contributed by atoms with Gasteiger partial charge in [-0.3, -0.25) is 9.78 Å². The maximum absolute atomic E-state index is 12.9. The third-order valence-corrected chi connectivity index (χ3v) is 6.86. The molecule has 0 amide bonds. The second-order valence-electron chi connectivity index (χ2n) is 7.48. The highest BCUT2D eigenvalue weighted by Crippen LogP contribution is 2.60. The molecule has 4 aliphatic rings. The predicted octanol–water partition coefficient (Wildman–Crippen LogP) is 4.10. The fourth-order valence-electron chi connectivity index (χ4n) is 5.35. The van der Waals surface area contributed by atoms with Gasteiger partial charge in [0.05, 0.1) is 5.75 Å². The third-order valence-electron chi connectivity index (χ3n) is 5.85. The Morgan fingerprint density at radius 3 is 2.43 bits per heavy atom. The van der Waals surface area contributed by atoms with Gasteiger partial charge in [-0.1, -0.05) is 6.07 Å². The Kier molecular flexibility index (Phi) is 3.56. The minimum atomic E-state index is 0.0800. The minimum Gasteiger partial charge on any atom is -0.298 e. The van der Waals surface area contributed by atoms with E-state index in [1.807, 2.05) is 12.3 Å². The van der Waals surface area contributed by atoms with Crippen LogP contribution in [-0.2, 0) is 10.5 Å². The molecule has 1 heterocycles. The van der Waals surface area contributed by atoms with Crippen molar-refractivity contribution in [1.82, 2.24) is 4.98 Å². The molecule has 0 aromatic carbocycles. The second kappa shape index (κ2) is 5.42. The van der Waals surface area contributed by atoms with Gasteiger partial charge in [0.15, 0.2) is 0 Å². The summed E-state index contributed by atoms with van der Waals surface area (Å²) in [6.45, 7) is 0. The zero-order valence-corrected chi connectivity index (χ0v) is 13.3. The Bertz CT molecular complexity index is 492. The molecular formula is C18H23NOS. The van der Waals surface area contributed by atoms with E-state index in [9.17, 15) is 4.79 Å².